The first kappa shape index (κ1) is 15.7. The highest BCUT2D eigenvalue weighted by Crippen LogP contribution is 2.18. The predicted octanol–water partition coefficient (Wildman–Crippen LogP) is 2.35. The number of aromatic nitrogens is 2. The van der Waals surface area contributed by atoms with E-state index in [-0.39, 0.29) is 18.1 Å². The Morgan fingerprint density at radius 2 is 2.17 bits per heavy atom. The molecule has 1 aromatic carbocycles. The molecule has 0 bridgehead atoms. The van der Waals surface area contributed by atoms with Crippen LogP contribution in [0.4, 0.5) is 0 Å². The number of hydrogen-bond donors (Lipinski definition) is 1. The smallest absolute Gasteiger partial charge is 0.247 e. The molecular formula is C17H21N3O3. The Morgan fingerprint density at radius 1 is 1.35 bits per heavy atom. The Bertz CT molecular complexity index is 636. The van der Waals surface area contributed by atoms with Gasteiger partial charge in [0.05, 0.1) is 12.1 Å². The summed E-state index contributed by atoms with van der Waals surface area (Å²) in [7, 11) is 0. The van der Waals surface area contributed by atoms with Gasteiger partial charge in [0.25, 0.3) is 0 Å². The summed E-state index contributed by atoms with van der Waals surface area (Å²) in [4.78, 5) is 12.0. The number of nitrogens with zero attached hydrogens (tertiary/aromatic N) is 2. The van der Waals surface area contributed by atoms with Crippen molar-refractivity contribution in [2.75, 3.05) is 6.61 Å². The van der Waals surface area contributed by atoms with Crippen molar-refractivity contribution in [1.82, 2.24) is 15.5 Å². The van der Waals surface area contributed by atoms with Crippen LogP contribution >= 0.6 is 0 Å². The van der Waals surface area contributed by atoms with Crippen molar-refractivity contribution in [2.24, 2.45) is 0 Å². The Morgan fingerprint density at radius 3 is 2.91 bits per heavy atom. The summed E-state index contributed by atoms with van der Waals surface area (Å²) < 4.78 is 11.2. The molecule has 1 saturated heterocycles. The molecule has 2 aromatic rings. The van der Waals surface area contributed by atoms with E-state index < -0.39 is 0 Å². The van der Waals surface area contributed by atoms with E-state index in [9.17, 15) is 4.79 Å². The number of benzene rings is 1. The van der Waals surface area contributed by atoms with E-state index in [0.717, 1.165) is 25.0 Å². The average Bonchev–Trinajstić information content (AvgIpc) is 3.25. The predicted molar refractivity (Wildman–Crippen MR) is 84.6 cm³/mol. The van der Waals surface area contributed by atoms with Gasteiger partial charge in [-0.2, -0.15) is 0 Å². The number of aryl methyl sites for hydroxylation is 1. The molecule has 2 heterocycles. The number of carbonyl (C=O) groups is 1. The summed E-state index contributed by atoms with van der Waals surface area (Å²) in [5.74, 6) is 0.935. The molecule has 23 heavy (non-hydrogen) atoms. The first-order valence-corrected chi connectivity index (χ1v) is 8.01. The summed E-state index contributed by atoms with van der Waals surface area (Å²) in [5, 5.41) is 11.0. The zero-order chi connectivity index (χ0) is 16.1. The molecule has 6 nitrogen and oxygen atoms in total. The van der Waals surface area contributed by atoms with Gasteiger partial charge in [0.2, 0.25) is 17.7 Å². The van der Waals surface area contributed by atoms with Gasteiger partial charge in [-0.05, 0) is 31.9 Å². The molecule has 1 aliphatic heterocycles. The minimum absolute atomic E-state index is 0.0209. The Labute approximate surface area is 135 Å². The molecule has 6 heteroatoms. The lowest BCUT2D eigenvalue weighted by Gasteiger charge is -2.19. The number of hydrogen-bond acceptors (Lipinski definition) is 5. The van der Waals surface area contributed by atoms with E-state index >= 15 is 0 Å². The van der Waals surface area contributed by atoms with Crippen LogP contribution in [0.2, 0.25) is 0 Å². The second-order valence-corrected chi connectivity index (χ2v) is 5.77. The first-order valence-electron chi connectivity index (χ1n) is 8.01. The lowest BCUT2D eigenvalue weighted by atomic mass is 10.1. The van der Waals surface area contributed by atoms with Crippen molar-refractivity contribution in [1.29, 1.82) is 0 Å². The largest absolute Gasteiger partial charge is 0.421 e. The van der Waals surface area contributed by atoms with E-state index in [1.165, 1.54) is 0 Å². The molecule has 1 aliphatic rings. The Kier molecular flexibility index (Phi) is 5.02. The number of rotatable bonds is 6. The molecule has 1 amide bonds. The molecule has 1 N–H and O–H groups in total. The number of ether oxygens (including phenoxy) is 1. The average molecular weight is 315 g/mol. The van der Waals surface area contributed by atoms with Gasteiger partial charge in [0.1, 0.15) is 0 Å². The fourth-order valence-corrected chi connectivity index (χ4v) is 2.69. The SMILES string of the molecule is C[C@@H](NC(=O)CCc1nnc(-c2ccccc2)o1)[C@H]1CCCO1. The van der Waals surface area contributed by atoms with Gasteiger partial charge in [-0.1, -0.05) is 18.2 Å². The Hall–Kier alpha value is -2.21. The van der Waals surface area contributed by atoms with E-state index in [2.05, 4.69) is 15.5 Å². The number of nitrogens with one attached hydrogen (secondary N) is 1. The van der Waals surface area contributed by atoms with Crippen LogP contribution in [0.5, 0.6) is 0 Å². The van der Waals surface area contributed by atoms with Crippen LogP contribution in [0.15, 0.2) is 34.7 Å². The molecule has 2 atom stereocenters. The molecule has 122 valence electrons. The van der Waals surface area contributed by atoms with Crippen LogP contribution < -0.4 is 5.32 Å². The standard InChI is InChI=1S/C17H21N3O3/c1-12(14-8-5-11-22-14)18-15(21)9-10-16-19-20-17(23-16)13-6-3-2-4-7-13/h2-4,6-7,12,14H,5,8-11H2,1H3,(H,18,21)/t12-,14-/m1/s1. The molecule has 1 fully saturated rings. The topological polar surface area (TPSA) is 77.3 Å². The second kappa shape index (κ2) is 7.37. The lowest BCUT2D eigenvalue weighted by molar-refractivity contribution is -0.122. The van der Waals surface area contributed by atoms with E-state index in [0.29, 0.717) is 24.6 Å². The molecule has 1 aromatic heterocycles. The summed E-state index contributed by atoms with van der Waals surface area (Å²) in [6.07, 6.45) is 2.96. The van der Waals surface area contributed by atoms with Crippen molar-refractivity contribution in [2.45, 2.75) is 44.8 Å². The number of carbonyl (C=O) groups excluding carboxylic acids is 1. The molecule has 3 rings (SSSR count). The van der Waals surface area contributed by atoms with Crippen LogP contribution in [0, 0.1) is 0 Å². The van der Waals surface area contributed by atoms with Crippen molar-refractivity contribution >= 4 is 5.91 Å². The maximum Gasteiger partial charge on any atom is 0.247 e. The zero-order valence-corrected chi connectivity index (χ0v) is 13.2. The third-order valence-corrected chi connectivity index (χ3v) is 3.96. The van der Waals surface area contributed by atoms with Gasteiger partial charge in [0.15, 0.2) is 0 Å². The first-order chi connectivity index (χ1) is 11.2. The van der Waals surface area contributed by atoms with Crippen LogP contribution in [-0.2, 0) is 16.0 Å². The quantitative estimate of drug-likeness (QED) is 0.885. The monoisotopic (exact) mass is 315 g/mol. The van der Waals surface area contributed by atoms with E-state index in [1.807, 2.05) is 37.3 Å². The summed E-state index contributed by atoms with van der Waals surface area (Å²) in [5.41, 5.74) is 0.878. The molecule has 0 aliphatic carbocycles. The third-order valence-electron chi connectivity index (χ3n) is 3.96. The highest BCUT2D eigenvalue weighted by atomic mass is 16.5. The fourth-order valence-electron chi connectivity index (χ4n) is 2.69. The van der Waals surface area contributed by atoms with Gasteiger partial charge < -0.3 is 14.5 Å². The van der Waals surface area contributed by atoms with Gasteiger partial charge in [-0.3, -0.25) is 4.79 Å². The highest BCUT2D eigenvalue weighted by molar-refractivity contribution is 5.76. The summed E-state index contributed by atoms with van der Waals surface area (Å²) in [6.45, 7) is 2.77. The second-order valence-electron chi connectivity index (χ2n) is 5.77. The van der Waals surface area contributed by atoms with Gasteiger partial charge in [-0.25, -0.2) is 0 Å². The van der Waals surface area contributed by atoms with Crippen LogP contribution in [0.3, 0.4) is 0 Å². The summed E-state index contributed by atoms with van der Waals surface area (Å²) >= 11 is 0. The Balaban J connectivity index is 1.48. The zero-order valence-electron chi connectivity index (χ0n) is 13.2. The number of amides is 1. The lowest BCUT2D eigenvalue weighted by Crippen LogP contribution is -2.40. The van der Waals surface area contributed by atoms with Crippen LogP contribution in [-0.4, -0.2) is 34.9 Å². The summed E-state index contributed by atoms with van der Waals surface area (Å²) in [6, 6.07) is 9.62. The maximum atomic E-state index is 12.0. The molecule has 0 saturated carbocycles. The third kappa shape index (κ3) is 4.16. The minimum atomic E-state index is -0.0209. The van der Waals surface area contributed by atoms with Gasteiger partial charge >= 0.3 is 0 Å². The van der Waals surface area contributed by atoms with Crippen molar-refractivity contribution in [3.63, 3.8) is 0 Å². The molecule has 0 spiro atoms. The van der Waals surface area contributed by atoms with Gasteiger partial charge in [-0.15, -0.1) is 10.2 Å². The van der Waals surface area contributed by atoms with Gasteiger partial charge in [0, 0.05) is 25.0 Å². The van der Waals surface area contributed by atoms with Crippen LogP contribution in [0.1, 0.15) is 32.1 Å². The van der Waals surface area contributed by atoms with Crippen molar-refractivity contribution < 1.29 is 13.9 Å². The molecular weight excluding hydrogens is 294 g/mol. The fraction of sp³-hybridized carbons (Fsp3) is 0.471. The molecule has 0 radical (unpaired) electrons. The maximum absolute atomic E-state index is 12.0. The molecule has 0 unspecified atom stereocenters. The normalized spacial score (nSPS) is 18.7. The van der Waals surface area contributed by atoms with E-state index in [4.69, 9.17) is 9.15 Å². The van der Waals surface area contributed by atoms with E-state index in [1.54, 1.807) is 0 Å². The minimum Gasteiger partial charge on any atom is -0.421 e. The van der Waals surface area contributed by atoms with Crippen molar-refractivity contribution in [3.8, 4) is 11.5 Å². The van der Waals surface area contributed by atoms with Crippen molar-refractivity contribution in [3.05, 3.63) is 36.2 Å². The van der Waals surface area contributed by atoms with Crippen LogP contribution in [0.25, 0.3) is 11.5 Å². The highest BCUT2D eigenvalue weighted by Gasteiger charge is 2.23.